The van der Waals surface area contributed by atoms with Crippen LogP contribution in [0.4, 0.5) is 28.6 Å². The molecular weight excluding hydrogens is 1030 g/mol. The number of rotatable bonds is 22. The number of carbonyl (C=O) groups excluding carboxylic acids is 5. The minimum Gasteiger partial charge on any atom is -0.490 e. The largest absolute Gasteiger partial charge is 0.490 e. The van der Waals surface area contributed by atoms with Gasteiger partial charge in [-0.25, -0.2) is 9.55 Å². The van der Waals surface area contributed by atoms with Gasteiger partial charge in [-0.05, 0) is 89.9 Å². The Morgan fingerprint density at radius 3 is 2.28 bits per heavy atom. The lowest BCUT2D eigenvalue weighted by atomic mass is 10.0. The Kier molecular flexibility index (Phi) is 16.6. The van der Waals surface area contributed by atoms with Crippen LogP contribution in [0.1, 0.15) is 102 Å². The van der Waals surface area contributed by atoms with Gasteiger partial charge < -0.3 is 58.4 Å². The average molecular weight is 1090 g/mol. The van der Waals surface area contributed by atoms with E-state index in [4.69, 9.17) is 23.5 Å². The maximum absolute atomic E-state index is 13.8. The van der Waals surface area contributed by atoms with E-state index in [0.29, 0.717) is 83.1 Å². The van der Waals surface area contributed by atoms with Gasteiger partial charge in [-0.15, -0.1) is 0 Å². The van der Waals surface area contributed by atoms with Crippen LogP contribution >= 0.6 is 7.75 Å². The molecule has 1 saturated heterocycles. The fourth-order valence-corrected chi connectivity index (χ4v) is 9.73. The summed E-state index contributed by atoms with van der Waals surface area (Å²) in [5.41, 5.74) is 2.74. The molecule has 1 unspecified atom stereocenters. The van der Waals surface area contributed by atoms with E-state index in [-0.39, 0.29) is 72.7 Å². The molecule has 414 valence electrons. The zero-order chi connectivity index (χ0) is 56.3. The van der Waals surface area contributed by atoms with Crippen molar-refractivity contribution in [2.24, 2.45) is 26.1 Å². The van der Waals surface area contributed by atoms with E-state index in [1.54, 1.807) is 91.8 Å². The maximum Gasteiger partial charge on any atom is 0.430 e. The van der Waals surface area contributed by atoms with Crippen LogP contribution in [0.3, 0.4) is 0 Å². The van der Waals surface area contributed by atoms with Crippen LogP contribution in [0.2, 0.25) is 0 Å². The predicted molar refractivity (Wildman–Crippen MR) is 294 cm³/mol. The van der Waals surface area contributed by atoms with Crippen molar-refractivity contribution >= 4 is 83.0 Å². The third-order valence-corrected chi connectivity index (χ3v) is 13.8. The summed E-state index contributed by atoms with van der Waals surface area (Å²) in [5.74, 6) is -1.15. The first-order valence-electron chi connectivity index (χ1n) is 25.2. The molecule has 78 heavy (non-hydrogen) atoms. The van der Waals surface area contributed by atoms with E-state index in [9.17, 15) is 33.4 Å². The van der Waals surface area contributed by atoms with Gasteiger partial charge in [0.1, 0.15) is 17.0 Å². The fourth-order valence-electron chi connectivity index (χ4n) is 8.87. The number of hydrogen-bond donors (Lipinski definition) is 5. The van der Waals surface area contributed by atoms with Crippen molar-refractivity contribution in [3.05, 3.63) is 108 Å². The molecule has 0 radical (unpaired) electrons. The molecule has 8 rings (SSSR count). The van der Waals surface area contributed by atoms with E-state index in [1.807, 2.05) is 34.6 Å². The van der Waals surface area contributed by atoms with Crippen LogP contribution in [-0.2, 0) is 44.5 Å². The number of aromatic nitrogens is 5. The molecule has 0 aliphatic carbocycles. The molecule has 2 aliphatic rings. The summed E-state index contributed by atoms with van der Waals surface area (Å²) in [5, 5.41) is 11.4. The highest BCUT2D eigenvalue weighted by molar-refractivity contribution is 7.54. The number of fused-ring (bicyclic) bond motifs is 3. The van der Waals surface area contributed by atoms with Crippen molar-refractivity contribution in [3.8, 4) is 11.5 Å². The molecule has 4 aromatic heterocycles. The average Bonchev–Trinajstić information content (AvgIpc) is 4.20. The number of ether oxygens (including phenoxy) is 4. The van der Waals surface area contributed by atoms with Gasteiger partial charge in [0.05, 0.1) is 66.2 Å². The monoisotopic (exact) mass is 1090 g/mol. The molecule has 6 aromatic rings. The number of nitrogens with zero attached hydrogens (tertiary/aromatic N) is 7. The van der Waals surface area contributed by atoms with Gasteiger partial charge in [-0.2, -0.15) is 0 Å². The van der Waals surface area contributed by atoms with Gasteiger partial charge in [-0.3, -0.25) is 43.1 Å². The summed E-state index contributed by atoms with van der Waals surface area (Å²) in [6, 6.07) is 12.7. The Labute approximate surface area is 451 Å². The third kappa shape index (κ3) is 13.6. The molecule has 0 bridgehead atoms. The van der Waals surface area contributed by atoms with Crippen LogP contribution in [0, 0.1) is 0 Å². The number of methoxy groups -OCH3 is 1. The van der Waals surface area contributed by atoms with Gasteiger partial charge >= 0.3 is 7.75 Å². The summed E-state index contributed by atoms with van der Waals surface area (Å²) in [6.45, 7) is 15.0. The van der Waals surface area contributed by atoms with Crippen molar-refractivity contribution in [3.63, 3.8) is 0 Å². The van der Waals surface area contributed by atoms with Gasteiger partial charge in [0.2, 0.25) is 11.7 Å². The van der Waals surface area contributed by atoms with Crippen molar-refractivity contribution in [2.45, 2.75) is 77.5 Å². The van der Waals surface area contributed by atoms with Crippen LogP contribution in [-0.4, -0.2) is 126 Å². The first-order chi connectivity index (χ1) is 36.9. The summed E-state index contributed by atoms with van der Waals surface area (Å²) in [6.07, 6.45) is 9.56. The molecule has 24 heteroatoms. The predicted octanol–water partition coefficient (Wildman–Crippen LogP) is 8.07. The standard InChI is InChI=1S/C54H66N11O12P/c1-33-22-38-28-55-40-27-44(45(26-39(40)51(69)65(38)29-33)77-54(5,6)16-19-75-53(2,3)4)74-18-11-12-47(66)58-46-32-63(9)48(59-46)50(68)57-36-24-42(61(7)30-36)49(67)56-37-25-43(62(8)31-37)52(70)64-17-15-34-23-35(13-14-41(34)64)60-78(71,72)76-21-20-73-10/h13-15,17,23-28,30-32,38H,1,11-12,16,18-22,29H2,2-10H3,(H,56,67)(H,57,68)(H,58,66)(H2,60,71,72)/t38-/m0/s1. The molecule has 0 saturated carbocycles. The first kappa shape index (κ1) is 56.4. The second kappa shape index (κ2) is 23.0. The lowest BCUT2D eigenvalue weighted by Crippen LogP contribution is -2.35. The SMILES string of the molecule is C=C1C[C@H]2C=Nc3cc(OCCCC(=O)Nc4cn(C)c(C(=O)Nc5cc(C(=O)Nc6cc(C(=O)n7ccc8cc(NP(=O)(O)OCCOC)ccc87)n(C)c6)n(C)c5)n4)c(OC(C)(C)CCOC(C)(C)C)cc3C(=O)N2C1. The van der Waals surface area contributed by atoms with E-state index >= 15 is 0 Å². The number of anilines is 4. The number of aliphatic imine (C=N–C) groups is 1. The topological polar surface area (TPSA) is 265 Å². The van der Waals surface area contributed by atoms with Crippen LogP contribution < -0.4 is 30.5 Å². The fraction of sp³-hybridized carbons (Fsp3) is 0.389. The minimum atomic E-state index is -4.16. The van der Waals surface area contributed by atoms with Gasteiger partial charge in [0, 0.05) is 95.8 Å². The zero-order valence-corrected chi connectivity index (χ0v) is 46.1. The second-order valence-corrected chi connectivity index (χ2v) is 22.3. The minimum absolute atomic E-state index is 0.00742. The molecule has 5 N–H and O–H groups in total. The quantitative estimate of drug-likeness (QED) is 0.0245. The van der Waals surface area contributed by atoms with E-state index in [2.05, 4.69) is 37.6 Å². The Morgan fingerprint density at radius 1 is 0.833 bits per heavy atom. The van der Waals surface area contributed by atoms with E-state index in [0.717, 1.165) is 5.57 Å². The van der Waals surface area contributed by atoms with E-state index in [1.165, 1.54) is 39.1 Å². The normalized spacial score (nSPS) is 15.2. The number of hydrogen-bond acceptors (Lipinski definition) is 13. The molecule has 6 heterocycles. The summed E-state index contributed by atoms with van der Waals surface area (Å²) in [7, 11) is 2.20. The molecule has 2 aromatic carbocycles. The highest BCUT2D eigenvalue weighted by atomic mass is 31.2. The highest BCUT2D eigenvalue weighted by Gasteiger charge is 2.35. The van der Waals surface area contributed by atoms with Crippen molar-refractivity contribution in [1.82, 2.24) is 28.2 Å². The molecule has 4 amide bonds. The number of benzene rings is 2. The molecular formula is C54H66N11O12P. The van der Waals surface area contributed by atoms with E-state index < -0.39 is 31.1 Å². The van der Waals surface area contributed by atoms with Crippen LogP contribution in [0.5, 0.6) is 11.5 Å². The Morgan fingerprint density at radius 2 is 1.55 bits per heavy atom. The number of aryl methyl sites for hydroxylation is 3. The number of nitrogens with one attached hydrogen (secondary N) is 4. The zero-order valence-electron chi connectivity index (χ0n) is 45.2. The molecule has 2 atom stereocenters. The van der Waals surface area contributed by atoms with Crippen LogP contribution in [0.25, 0.3) is 10.9 Å². The Bertz CT molecular complexity index is 3380. The summed E-state index contributed by atoms with van der Waals surface area (Å²) < 4.78 is 47.1. The van der Waals surface area contributed by atoms with Crippen molar-refractivity contribution in [2.75, 3.05) is 61.1 Å². The van der Waals surface area contributed by atoms with Gasteiger partial charge in [-0.1, -0.05) is 12.2 Å². The lowest BCUT2D eigenvalue weighted by Gasteiger charge is -2.30. The smallest absolute Gasteiger partial charge is 0.430 e. The maximum atomic E-state index is 13.8. The Balaban J connectivity index is 0.846. The summed E-state index contributed by atoms with van der Waals surface area (Å²) >= 11 is 0. The molecule has 0 spiro atoms. The summed E-state index contributed by atoms with van der Waals surface area (Å²) in [4.78, 5) is 88.8. The molecule has 2 aliphatic heterocycles. The number of imidazole rings is 1. The number of amides is 4. The van der Waals surface area contributed by atoms with Gasteiger partial charge in [0.15, 0.2) is 17.3 Å². The van der Waals surface area contributed by atoms with Crippen molar-refractivity contribution in [1.29, 1.82) is 0 Å². The Hall–Kier alpha value is -7.82. The first-order valence-corrected chi connectivity index (χ1v) is 26.8. The lowest BCUT2D eigenvalue weighted by molar-refractivity contribution is -0.116. The highest BCUT2D eigenvalue weighted by Crippen LogP contribution is 2.43. The molecule has 23 nitrogen and oxygen atoms in total. The van der Waals surface area contributed by atoms with Crippen molar-refractivity contribution < 1.29 is 56.9 Å². The molecule has 1 fully saturated rings. The van der Waals surface area contributed by atoms with Crippen LogP contribution in [0.15, 0.2) is 90.5 Å². The van der Waals surface area contributed by atoms with Gasteiger partial charge in [0.25, 0.3) is 23.6 Å². The number of carbonyl (C=O) groups is 5. The third-order valence-electron chi connectivity index (χ3n) is 12.7. The second-order valence-electron chi connectivity index (χ2n) is 20.8.